The van der Waals surface area contributed by atoms with Crippen molar-refractivity contribution < 1.29 is 8.83 Å². The van der Waals surface area contributed by atoms with Gasteiger partial charge in [-0.15, -0.1) is 0 Å². The predicted octanol–water partition coefficient (Wildman–Crippen LogP) is 15.1. The summed E-state index contributed by atoms with van der Waals surface area (Å²) in [5.74, 6) is 0. The van der Waals surface area contributed by atoms with Crippen molar-refractivity contribution in [1.29, 1.82) is 0 Å². The molecule has 0 fully saturated rings. The van der Waals surface area contributed by atoms with Crippen molar-refractivity contribution in [3.8, 4) is 33.4 Å². The largest absolute Gasteiger partial charge is 0.456 e. The molecule has 0 bridgehead atoms. The monoisotopic (exact) mass is 703 g/mol. The SMILES string of the molecule is c1ccc(-c2cc(-c3ccccc3)c3oc4c(N(c5ccc(-c6cccc7ccccc67)cc5)c5ccc6c(c5)oc5ccccc56)cccc4c3c2)cc1. The Morgan fingerprint density at radius 1 is 0.309 bits per heavy atom. The first-order chi connectivity index (χ1) is 27.3. The number of anilines is 3. The lowest BCUT2D eigenvalue weighted by atomic mass is 9.95. The fourth-order valence-corrected chi connectivity index (χ4v) is 8.24. The summed E-state index contributed by atoms with van der Waals surface area (Å²) >= 11 is 0. The molecule has 0 saturated carbocycles. The van der Waals surface area contributed by atoms with Gasteiger partial charge < -0.3 is 13.7 Å². The van der Waals surface area contributed by atoms with Gasteiger partial charge in [0, 0.05) is 38.9 Å². The van der Waals surface area contributed by atoms with Crippen molar-refractivity contribution in [2.24, 2.45) is 0 Å². The number of rotatable bonds is 6. The molecule has 11 aromatic rings. The maximum absolute atomic E-state index is 7.10. The van der Waals surface area contributed by atoms with Gasteiger partial charge in [-0.05, 0) is 87.1 Å². The van der Waals surface area contributed by atoms with E-state index in [4.69, 9.17) is 8.83 Å². The lowest BCUT2D eigenvalue weighted by molar-refractivity contribution is 0.668. The molecule has 0 spiro atoms. The van der Waals surface area contributed by atoms with Crippen LogP contribution >= 0.6 is 0 Å². The van der Waals surface area contributed by atoms with Crippen molar-refractivity contribution in [2.75, 3.05) is 4.90 Å². The van der Waals surface area contributed by atoms with Gasteiger partial charge >= 0.3 is 0 Å². The van der Waals surface area contributed by atoms with Gasteiger partial charge in [0.25, 0.3) is 0 Å². The van der Waals surface area contributed by atoms with Crippen LogP contribution in [-0.4, -0.2) is 0 Å². The second kappa shape index (κ2) is 12.6. The first kappa shape index (κ1) is 31.2. The summed E-state index contributed by atoms with van der Waals surface area (Å²) in [4.78, 5) is 2.30. The second-order valence-electron chi connectivity index (χ2n) is 14.1. The molecule has 55 heavy (non-hydrogen) atoms. The molecule has 258 valence electrons. The average Bonchev–Trinajstić information content (AvgIpc) is 3.83. The minimum atomic E-state index is 0.822. The molecule has 0 saturated heterocycles. The van der Waals surface area contributed by atoms with E-state index in [-0.39, 0.29) is 0 Å². The first-order valence-electron chi connectivity index (χ1n) is 18.7. The number of furan rings is 2. The molecule has 11 rings (SSSR count). The lowest BCUT2D eigenvalue weighted by Gasteiger charge is -2.25. The summed E-state index contributed by atoms with van der Waals surface area (Å²) < 4.78 is 13.5. The zero-order chi connectivity index (χ0) is 36.3. The normalized spacial score (nSPS) is 11.6. The van der Waals surface area contributed by atoms with E-state index in [1.165, 1.54) is 21.9 Å². The molecule has 2 aromatic heterocycles. The topological polar surface area (TPSA) is 29.5 Å². The van der Waals surface area contributed by atoms with Crippen LogP contribution in [0.5, 0.6) is 0 Å². The summed E-state index contributed by atoms with van der Waals surface area (Å²) in [5.41, 5.74) is 13.2. The van der Waals surface area contributed by atoms with Crippen molar-refractivity contribution in [1.82, 2.24) is 0 Å². The van der Waals surface area contributed by atoms with Crippen LogP contribution in [0.15, 0.2) is 209 Å². The summed E-state index contributed by atoms with van der Waals surface area (Å²) in [6, 6.07) is 70.8. The zero-order valence-electron chi connectivity index (χ0n) is 29.8. The maximum atomic E-state index is 7.10. The molecule has 0 aliphatic heterocycles. The molecule has 0 N–H and O–H groups in total. The quantitative estimate of drug-likeness (QED) is 0.173. The van der Waals surface area contributed by atoms with Gasteiger partial charge in [0.2, 0.25) is 0 Å². The van der Waals surface area contributed by atoms with Crippen molar-refractivity contribution in [2.45, 2.75) is 0 Å². The third-order valence-electron chi connectivity index (χ3n) is 10.9. The molecule has 0 aliphatic rings. The first-order valence-corrected chi connectivity index (χ1v) is 18.7. The molecule has 0 radical (unpaired) electrons. The van der Waals surface area contributed by atoms with E-state index in [0.29, 0.717) is 0 Å². The summed E-state index contributed by atoms with van der Waals surface area (Å²) in [7, 11) is 0. The highest BCUT2D eigenvalue weighted by Gasteiger charge is 2.23. The van der Waals surface area contributed by atoms with Gasteiger partial charge in [-0.1, -0.05) is 146 Å². The number of hydrogen-bond acceptors (Lipinski definition) is 3. The van der Waals surface area contributed by atoms with Crippen molar-refractivity contribution in [3.05, 3.63) is 200 Å². The summed E-state index contributed by atoms with van der Waals surface area (Å²) in [6.45, 7) is 0. The Kier molecular flexibility index (Phi) is 7.17. The fourth-order valence-electron chi connectivity index (χ4n) is 8.24. The van der Waals surface area contributed by atoms with Gasteiger partial charge in [0.05, 0.1) is 11.4 Å². The molecule has 0 atom stereocenters. The van der Waals surface area contributed by atoms with Gasteiger partial charge in [-0.2, -0.15) is 0 Å². The van der Waals surface area contributed by atoms with Crippen molar-refractivity contribution >= 4 is 71.7 Å². The Bertz CT molecular complexity index is 3190. The van der Waals surface area contributed by atoms with E-state index in [2.05, 4.69) is 193 Å². The van der Waals surface area contributed by atoms with E-state index in [1.807, 2.05) is 12.1 Å². The highest BCUT2D eigenvalue weighted by molar-refractivity contribution is 6.15. The summed E-state index contributed by atoms with van der Waals surface area (Å²) in [6.07, 6.45) is 0. The Labute approximate surface area is 317 Å². The Morgan fingerprint density at radius 2 is 0.945 bits per heavy atom. The minimum Gasteiger partial charge on any atom is -0.456 e. The predicted molar refractivity (Wildman–Crippen MR) is 229 cm³/mol. The van der Waals surface area contributed by atoms with Crippen LogP contribution in [0.4, 0.5) is 17.1 Å². The Hall–Kier alpha value is -7.36. The van der Waals surface area contributed by atoms with Crippen LogP contribution in [0.1, 0.15) is 0 Å². The average molecular weight is 704 g/mol. The lowest BCUT2D eigenvalue weighted by Crippen LogP contribution is -2.10. The zero-order valence-corrected chi connectivity index (χ0v) is 29.8. The van der Waals surface area contributed by atoms with Gasteiger partial charge in [0.1, 0.15) is 16.7 Å². The van der Waals surface area contributed by atoms with E-state index in [1.54, 1.807) is 0 Å². The molecule has 0 amide bonds. The maximum Gasteiger partial charge on any atom is 0.159 e. The van der Waals surface area contributed by atoms with Gasteiger partial charge in [-0.3, -0.25) is 0 Å². The number of nitrogens with zero attached hydrogens (tertiary/aromatic N) is 1. The summed E-state index contributed by atoms with van der Waals surface area (Å²) in [5, 5.41) is 6.80. The smallest absolute Gasteiger partial charge is 0.159 e. The van der Waals surface area contributed by atoms with Crippen LogP contribution in [0.3, 0.4) is 0 Å². The number of hydrogen-bond donors (Lipinski definition) is 0. The highest BCUT2D eigenvalue weighted by atomic mass is 16.3. The Balaban J connectivity index is 1.14. The van der Waals surface area contributed by atoms with Crippen LogP contribution in [0.2, 0.25) is 0 Å². The van der Waals surface area contributed by atoms with E-state index < -0.39 is 0 Å². The third kappa shape index (κ3) is 5.20. The van der Waals surface area contributed by atoms with Gasteiger partial charge in [-0.25, -0.2) is 0 Å². The van der Waals surface area contributed by atoms with Crippen molar-refractivity contribution in [3.63, 3.8) is 0 Å². The van der Waals surface area contributed by atoms with Crippen LogP contribution in [-0.2, 0) is 0 Å². The second-order valence-corrected chi connectivity index (χ2v) is 14.1. The molecular weight excluding hydrogens is 671 g/mol. The fraction of sp³-hybridized carbons (Fsp3) is 0. The molecular formula is C52H33NO2. The molecule has 3 nitrogen and oxygen atoms in total. The van der Waals surface area contributed by atoms with Crippen LogP contribution < -0.4 is 4.90 Å². The number of benzene rings is 9. The third-order valence-corrected chi connectivity index (χ3v) is 10.9. The van der Waals surface area contributed by atoms with E-state index in [0.717, 1.165) is 83.2 Å². The standard InChI is InChI=1S/C52H33NO2/c1-3-13-34(14-4-1)38-31-46(36-15-5-2-6-16-36)51-47(32-38)45-22-12-23-48(52(45)55-51)53(40-29-30-44-43-20-9-10-24-49(43)54-50(44)33-40)39-27-25-37(26-28-39)42-21-11-18-35-17-7-8-19-41(35)42/h1-33H. The molecule has 2 heterocycles. The minimum absolute atomic E-state index is 0.822. The molecule has 3 heteroatoms. The molecule has 0 unspecified atom stereocenters. The van der Waals surface area contributed by atoms with Gasteiger partial charge in [0.15, 0.2) is 5.58 Å². The van der Waals surface area contributed by atoms with E-state index >= 15 is 0 Å². The number of fused-ring (bicyclic) bond motifs is 7. The molecule has 0 aliphatic carbocycles. The van der Waals surface area contributed by atoms with E-state index in [9.17, 15) is 0 Å². The van der Waals surface area contributed by atoms with Crippen LogP contribution in [0, 0.1) is 0 Å². The number of para-hydroxylation sites is 2. The van der Waals surface area contributed by atoms with Crippen LogP contribution in [0.25, 0.3) is 88.0 Å². The Morgan fingerprint density at radius 3 is 1.78 bits per heavy atom. The highest BCUT2D eigenvalue weighted by Crippen LogP contribution is 2.46. The molecule has 9 aromatic carbocycles.